The summed E-state index contributed by atoms with van der Waals surface area (Å²) in [7, 11) is -1.01. The lowest BCUT2D eigenvalue weighted by Crippen LogP contribution is -2.31. The molecule has 5 nitrogen and oxygen atoms in total. The maximum Gasteiger partial charge on any atom is 0.319 e. The van der Waals surface area contributed by atoms with Crippen LogP contribution in [-0.2, 0) is 10.8 Å². The van der Waals surface area contributed by atoms with Gasteiger partial charge in [-0.25, -0.2) is 9.78 Å². The van der Waals surface area contributed by atoms with E-state index in [0.717, 1.165) is 15.6 Å². The minimum Gasteiger partial charge on any atom is -0.337 e. The van der Waals surface area contributed by atoms with Crippen molar-refractivity contribution >= 4 is 33.9 Å². The number of nitrogens with one attached hydrogen (secondary N) is 2. The van der Waals surface area contributed by atoms with Crippen LogP contribution in [0.3, 0.4) is 0 Å². The standard InChI is InChI=1S/C15H19N3O2S2/c1-10(14-17-11(2)9-21-14)8-16-15(19)18-12-4-6-13(7-5-12)22(3)20/h4-7,9-10H,8H2,1-3H3,(H2,16,18,19). The first-order valence-corrected chi connectivity index (χ1v) is 9.30. The first-order chi connectivity index (χ1) is 10.5. The van der Waals surface area contributed by atoms with Gasteiger partial charge >= 0.3 is 6.03 Å². The molecule has 2 aromatic rings. The number of aromatic nitrogens is 1. The fourth-order valence-corrected chi connectivity index (χ4v) is 3.21. The molecule has 0 saturated heterocycles. The number of urea groups is 1. The van der Waals surface area contributed by atoms with Crippen LogP contribution in [0.25, 0.3) is 0 Å². The van der Waals surface area contributed by atoms with E-state index >= 15 is 0 Å². The highest BCUT2D eigenvalue weighted by Gasteiger charge is 2.11. The Bertz CT molecular complexity index is 668. The van der Waals surface area contributed by atoms with Crippen LogP contribution in [-0.4, -0.2) is 28.0 Å². The van der Waals surface area contributed by atoms with Crippen molar-refractivity contribution in [3.8, 4) is 0 Å². The molecule has 0 fully saturated rings. The van der Waals surface area contributed by atoms with E-state index in [1.807, 2.05) is 19.2 Å². The predicted octanol–water partition coefficient (Wildman–Crippen LogP) is 3.11. The van der Waals surface area contributed by atoms with Gasteiger partial charge < -0.3 is 10.6 Å². The number of carbonyl (C=O) groups is 1. The molecule has 0 aliphatic rings. The van der Waals surface area contributed by atoms with E-state index in [1.54, 1.807) is 41.9 Å². The summed E-state index contributed by atoms with van der Waals surface area (Å²) < 4.78 is 11.3. The van der Waals surface area contributed by atoms with Gasteiger partial charge in [-0.05, 0) is 31.2 Å². The van der Waals surface area contributed by atoms with Crippen molar-refractivity contribution in [3.05, 3.63) is 40.3 Å². The molecular weight excluding hydrogens is 318 g/mol. The number of aryl methyl sites for hydroxylation is 1. The molecule has 2 atom stereocenters. The average Bonchev–Trinajstić information content (AvgIpc) is 2.92. The van der Waals surface area contributed by atoms with E-state index in [4.69, 9.17) is 0 Å². The lowest BCUT2D eigenvalue weighted by molar-refractivity contribution is 0.251. The average molecular weight is 337 g/mol. The molecule has 0 aliphatic carbocycles. The van der Waals surface area contributed by atoms with Crippen LogP contribution < -0.4 is 10.6 Å². The first kappa shape index (κ1) is 16.6. The highest BCUT2D eigenvalue weighted by Crippen LogP contribution is 2.19. The van der Waals surface area contributed by atoms with E-state index < -0.39 is 10.8 Å². The van der Waals surface area contributed by atoms with Crippen molar-refractivity contribution in [2.45, 2.75) is 24.7 Å². The van der Waals surface area contributed by atoms with Crippen LogP contribution in [0.4, 0.5) is 10.5 Å². The van der Waals surface area contributed by atoms with E-state index in [2.05, 4.69) is 15.6 Å². The fourth-order valence-electron chi connectivity index (χ4n) is 1.84. The number of benzene rings is 1. The number of carbonyl (C=O) groups excluding carboxylic acids is 1. The summed E-state index contributed by atoms with van der Waals surface area (Å²) in [5.74, 6) is 0.175. The van der Waals surface area contributed by atoms with Crippen LogP contribution in [0.2, 0.25) is 0 Å². The Kier molecular flexibility index (Phi) is 5.68. The summed E-state index contributed by atoms with van der Waals surface area (Å²) in [5.41, 5.74) is 1.68. The molecule has 0 aliphatic heterocycles. The number of amides is 2. The molecule has 2 rings (SSSR count). The Morgan fingerprint density at radius 3 is 2.59 bits per heavy atom. The number of hydrogen-bond donors (Lipinski definition) is 2. The van der Waals surface area contributed by atoms with Gasteiger partial charge in [-0.3, -0.25) is 4.21 Å². The number of nitrogens with zero attached hydrogens (tertiary/aromatic N) is 1. The van der Waals surface area contributed by atoms with Gasteiger partial charge in [0.05, 0.1) is 5.01 Å². The third-order valence-corrected chi connectivity index (χ3v) is 5.20. The van der Waals surface area contributed by atoms with Crippen LogP contribution in [0.1, 0.15) is 23.5 Å². The lowest BCUT2D eigenvalue weighted by Gasteiger charge is -2.11. The number of anilines is 1. The molecule has 1 aromatic carbocycles. The monoisotopic (exact) mass is 337 g/mol. The molecule has 22 heavy (non-hydrogen) atoms. The normalized spacial score (nSPS) is 13.4. The first-order valence-electron chi connectivity index (χ1n) is 6.86. The molecule has 0 bridgehead atoms. The molecule has 0 radical (unpaired) electrons. The molecule has 0 saturated carbocycles. The largest absolute Gasteiger partial charge is 0.337 e. The molecule has 2 N–H and O–H groups in total. The second-order valence-electron chi connectivity index (χ2n) is 5.04. The Hall–Kier alpha value is -1.73. The van der Waals surface area contributed by atoms with E-state index in [1.165, 1.54) is 0 Å². The summed E-state index contributed by atoms with van der Waals surface area (Å²) in [6.45, 7) is 4.51. The molecule has 7 heteroatoms. The summed E-state index contributed by atoms with van der Waals surface area (Å²) in [6.07, 6.45) is 1.62. The summed E-state index contributed by atoms with van der Waals surface area (Å²) >= 11 is 1.61. The van der Waals surface area contributed by atoms with E-state index in [9.17, 15) is 9.00 Å². The third kappa shape index (κ3) is 4.64. The Labute approximate surface area is 136 Å². The summed E-state index contributed by atoms with van der Waals surface area (Å²) in [6, 6.07) is 6.71. The van der Waals surface area contributed by atoms with Crippen LogP contribution in [0.5, 0.6) is 0 Å². The number of rotatable bonds is 5. The molecule has 0 spiro atoms. The zero-order valence-electron chi connectivity index (χ0n) is 12.8. The van der Waals surface area contributed by atoms with Gasteiger partial charge in [0.1, 0.15) is 0 Å². The van der Waals surface area contributed by atoms with Crippen molar-refractivity contribution in [1.82, 2.24) is 10.3 Å². The Morgan fingerprint density at radius 2 is 2.05 bits per heavy atom. The summed E-state index contributed by atoms with van der Waals surface area (Å²) in [5, 5.41) is 8.61. The van der Waals surface area contributed by atoms with E-state index in [0.29, 0.717) is 12.2 Å². The smallest absolute Gasteiger partial charge is 0.319 e. The van der Waals surface area contributed by atoms with E-state index in [-0.39, 0.29) is 11.9 Å². The number of thiazole rings is 1. The second-order valence-corrected chi connectivity index (χ2v) is 7.31. The second kappa shape index (κ2) is 7.51. The quantitative estimate of drug-likeness (QED) is 0.880. The predicted molar refractivity (Wildman–Crippen MR) is 91.1 cm³/mol. The van der Waals surface area contributed by atoms with Crippen molar-refractivity contribution < 1.29 is 9.00 Å². The van der Waals surface area contributed by atoms with Crippen LogP contribution in [0.15, 0.2) is 34.5 Å². The highest BCUT2D eigenvalue weighted by molar-refractivity contribution is 7.84. The van der Waals surface area contributed by atoms with Gasteiger partial charge in [0.15, 0.2) is 0 Å². The molecule has 1 heterocycles. The van der Waals surface area contributed by atoms with Gasteiger partial charge in [0, 0.05) is 51.2 Å². The van der Waals surface area contributed by atoms with Crippen LogP contribution >= 0.6 is 11.3 Å². The zero-order chi connectivity index (χ0) is 16.1. The maximum atomic E-state index is 11.9. The SMILES string of the molecule is Cc1csc(C(C)CNC(=O)Nc2ccc(S(C)=O)cc2)n1. The highest BCUT2D eigenvalue weighted by atomic mass is 32.2. The van der Waals surface area contributed by atoms with Crippen molar-refractivity contribution in [3.63, 3.8) is 0 Å². The third-order valence-electron chi connectivity index (χ3n) is 3.07. The van der Waals surface area contributed by atoms with Gasteiger partial charge in [-0.15, -0.1) is 11.3 Å². The molecule has 2 amide bonds. The lowest BCUT2D eigenvalue weighted by atomic mass is 10.2. The van der Waals surface area contributed by atoms with Gasteiger partial charge in [0.2, 0.25) is 0 Å². The van der Waals surface area contributed by atoms with Gasteiger partial charge in [0.25, 0.3) is 0 Å². The van der Waals surface area contributed by atoms with Crippen molar-refractivity contribution in [1.29, 1.82) is 0 Å². The topological polar surface area (TPSA) is 71.1 Å². The zero-order valence-corrected chi connectivity index (χ0v) is 14.4. The van der Waals surface area contributed by atoms with Crippen molar-refractivity contribution in [2.24, 2.45) is 0 Å². The van der Waals surface area contributed by atoms with Gasteiger partial charge in [-0.1, -0.05) is 6.92 Å². The molecular formula is C15H19N3O2S2. The molecule has 118 valence electrons. The Morgan fingerprint density at radius 1 is 1.36 bits per heavy atom. The Balaban J connectivity index is 1.83. The van der Waals surface area contributed by atoms with Crippen LogP contribution in [0, 0.1) is 6.92 Å². The molecule has 2 unspecified atom stereocenters. The number of hydrogen-bond acceptors (Lipinski definition) is 4. The summed E-state index contributed by atoms with van der Waals surface area (Å²) in [4.78, 5) is 17.0. The van der Waals surface area contributed by atoms with Crippen molar-refractivity contribution in [2.75, 3.05) is 18.1 Å². The molecule has 1 aromatic heterocycles. The maximum absolute atomic E-state index is 11.9. The van der Waals surface area contributed by atoms with Gasteiger partial charge in [-0.2, -0.15) is 0 Å². The minimum absolute atomic E-state index is 0.175. The minimum atomic E-state index is -1.01. The fraction of sp³-hybridized carbons (Fsp3) is 0.333.